The maximum Gasteiger partial charge on any atom is 0.162 e. The topological polar surface area (TPSA) is 37.8 Å². The first-order valence-electron chi connectivity index (χ1n) is 6.08. The standard InChI is InChI=1S/C15H11ClFN3/c1-18-15-12-8-10(16)4-7-13(12)19-14(20-15)9-2-5-11(17)6-3-9/h2-8H,1H3,(H,18,19,20). The fourth-order valence-electron chi connectivity index (χ4n) is 2.02. The fourth-order valence-corrected chi connectivity index (χ4v) is 2.19. The maximum atomic E-state index is 13.0. The molecule has 3 rings (SSSR count). The summed E-state index contributed by atoms with van der Waals surface area (Å²) in [4.78, 5) is 8.95. The van der Waals surface area contributed by atoms with Crippen molar-refractivity contribution in [2.24, 2.45) is 0 Å². The molecule has 0 amide bonds. The zero-order valence-electron chi connectivity index (χ0n) is 10.7. The van der Waals surface area contributed by atoms with Crippen molar-refractivity contribution < 1.29 is 4.39 Å². The van der Waals surface area contributed by atoms with Crippen molar-refractivity contribution in [1.29, 1.82) is 0 Å². The highest BCUT2D eigenvalue weighted by molar-refractivity contribution is 6.31. The van der Waals surface area contributed by atoms with Gasteiger partial charge >= 0.3 is 0 Å². The summed E-state index contributed by atoms with van der Waals surface area (Å²) in [5.41, 5.74) is 1.55. The lowest BCUT2D eigenvalue weighted by Crippen LogP contribution is -1.98. The van der Waals surface area contributed by atoms with Gasteiger partial charge in [0.25, 0.3) is 0 Å². The van der Waals surface area contributed by atoms with Gasteiger partial charge in [0.2, 0.25) is 0 Å². The summed E-state index contributed by atoms with van der Waals surface area (Å²) >= 11 is 6.00. The van der Waals surface area contributed by atoms with E-state index in [1.807, 2.05) is 12.1 Å². The van der Waals surface area contributed by atoms with Gasteiger partial charge in [-0.2, -0.15) is 0 Å². The second-order valence-corrected chi connectivity index (χ2v) is 4.75. The number of nitrogens with zero attached hydrogens (tertiary/aromatic N) is 2. The molecule has 0 spiro atoms. The molecule has 0 atom stereocenters. The lowest BCUT2D eigenvalue weighted by Gasteiger charge is -2.08. The number of rotatable bonds is 2. The molecule has 3 nitrogen and oxygen atoms in total. The molecule has 0 saturated carbocycles. The molecule has 0 saturated heterocycles. The smallest absolute Gasteiger partial charge is 0.162 e. The lowest BCUT2D eigenvalue weighted by atomic mass is 10.2. The Hall–Kier alpha value is -2.20. The van der Waals surface area contributed by atoms with E-state index in [0.717, 1.165) is 16.5 Å². The third-order valence-corrected chi connectivity index (χ3v) is 3.23. The normalized spacial score (nSPS) is 10.8. The second-order valence-electron chi connectivity index (χ2n) is 4.31. The number of hydrogen-bond acceptors (Lipinski definition) is 3. The number of hydrogen-bond donors (Lipinski definition) is 1. The summed E-state index contributed by atoms with van der Waals surface area (Å²) in [5, 5.41) is 4.52. The highest BCUT2D eigenvalue weighted by atomic mass is 35.5. The third kappa shape index (κ3) is 2.30. The van der Waals surface area contributed by atoms with E-state index < -0.39 is 0 Å². The van der Waals surface area contributed by atoms with Crippen LogP contribution in [0.5, 0.6) is 0 Å². The zero-order valence-corrected chi connectivity index (χ0v) is 11.4. The number of nitrogens with one attached hydrogen (secondary N) is 1. The van der Waals surface area contributed by atoms with Crippen LogP contribution >= 0.6 is 11.6 Å². The van der Waals surface area contributed by atoms with Crippen LogP contribution in [0.1, 0.15) is 0 Å². The van der Waals surface area contributed by atoms with Crippen molar-refractivity contribution in [3.8, 4) is 11.4 Å². The Morgan fingerprint density at radius 2 is 1.80 bits per heavy atom. The van der Waals surface area contributed by atoms with Crippen molar-refractivity contribution in [3.63, 3.8) is 0 Å². The molecule has 20 heavy (non-hydrogen) atoms. The SMILES string of the molecule is CNc1nc(-c2ccc(F)cc2)nc2ccc(Cl)cc12. The first-order chi connectivity index (χ1) is 9.67. The van der Waals surface area contributed by atoms with Gasteiger partial charge in [-0.1, -0.05) is 11.6 Å². The Balaban J connectivity index is 2.22. The van der Waals surface area contributed by atoms with Gasteiger partial charge in [0, 0.05) is 23.0 Å². The van der Waals surface area contributed by atoms with E-state index in [4.69, 9.17) is 11.6 Å². The monoisotopic (exact) mass is 287 g/mol. The Morgan fingerprint density at radius 3 is 2.50 bits per heavy atom. The van der Waals surface area contributed by atoms with Crippen LogP contribution in [-0.2, 0) is 0 Å². The zero-order chi connectivity index (χ0) is 14.1. The quantitative estimate of drug-likeness (QED) is 0.770. The molecule has 0 bridgehead atoms. The van der Waals surface area contributed by atoms with Gasteiger partial charge in [0.1, 0.15) is 11.6 Å². The predicted octanol–water partition coefficient (Wildman–Crippen LogP) is 4.13. The Bertz CT molecular complexity index is 772. The van der Waals surface area contributed by atoms with E-state index >= 15 is 0 Å². The van der Waals surface area contributed by atoms with Crippen LogP contribution < -0.4 is 5.32 Å². The molecule has 1 aromatic heterocycles. The van der Waals surface area contributed by atoms with Gasteiger partial charge in [-0.15, -0.1) is 0 Å². The fraction of sp³-hybridized carbons (Fsp3) is 0.0667. The van der Waals surface area contributed by atoms with E-state index in [9.17, 15) is 4.39 Å². The van der Waals surface area contributed by atoms with E-state index in [1.54, 1.807) is 25.2 Å². The molecule has 2 aromatic carbocycles. The summed E-state index contributed by atoms with van der Waals surface area (Å²) < 4.78 is 13.0. The Kier molecular flexibility index (Phi) is 3.24. The molecule has 0 radical (unpaired) electrons. The van der Waals surface area contributed by atoms with E-state index in [2.05, 4.69) is 15.3 Å². The first kappa shape index (κ1) is 12.8. The average molecular weight is 288 g/mol. The summed E-state index contributed by atoms with van der Waals surface area (Å²) in [6.45, 7) is 0. The van der Waals surface area contributed by atoms with Crippen molar-refractivity contribution in [1.82, 2.24) is 9.97 Å². The number of anilines is 1. The van der Waals surface area contributed by atoms with Gasteiger partial charge in [-0.25, -0.2) is 14.4 Å². The van der Waals surface area contributed by atoms with Gasteiger partial charge in [-0.3, -0.25) is 0 Å². The molecule has 0 aliphatic heterocycles. The minimum Gasteiger partial charge on any atom is -0.373 e. The van der Waals surface area contributed by atoms with E-state index in [0.29, 0.717) is 16.7 Å². The molecule has 100 valence electrons. The molecule has 0 aliphatic rings. The van der Waals surface area contributed by atoms with Gasteiger partial charge in [0.15, 0.2) is 5.82 Å². The van der Waals surface area contributed by atoms with E-state index in [1.165, 1.54) is 12.1 Å². The van der Waals surface area contributed by atoms with Crippen molar-refractivity contribution >= 4 is 28.3 Å². The highest BCUT2D eigenvalue weighted by Crippen LogP contribution is 2.27. The molecule has 0 unspecified atom stereocenters. The number of fused-ring (bicyclic) bond motifs is 1. The lowest BCUT2D eigenvalue weighted by molar-refractivity contribution is 0.628. The summed E-state index contributed by atoms with van der Waals surface area (Å²) in [6.07, 6.45) is 0. The van der Waals surface area contributed by atoms with Crippen LogP contribution in [0.3, 0.4) is 0 Å². The maximum absolute atomic E-state index is 13.0. The Morgan fingerprint density at radius 1 is 1.05 bits per heavy atom. The van der Waals surface area contributed by atoms with Crippen LogP contribution in [0.15, 0.2) is 42.5 Å². The molecular weight excluding hydrogens is 277 g/mol. The Labute approximate surface area is 120 Å². The van der Waals surface area contributed by atoms with Crippen LogP contribution in [0.25, 0.3) is 22.3 Å². The van der Waals surface area contributed by atoms with Crippen LogP contribution in [0.2, 0.25) is 5.02 Å². The largest absolute Gasteiger partial charge is 0.373 e. The minimum atomic E-state index is -0.282. The summed E-state index contributed by atoms with van der Waals surface area (Å²) in [7, 11) is 1.79. The molecule has 0 fully saturated rings. The molecule has 1 heterocycles. The molecule has 0 aliphatic carbocycles. The van der Waals surface area contributed by atoms with Crippen molar-refractivity contribution in [2.75, 3.05) is 12.4 Å². The van der Waals surface area contributed by atoms with Crippen molar-refractivity contribution in [3.05, 3.63) is 53.3 Å². The third-order valence-electron chi connectivity index (χ3n) is 3.00. The average Bonchev–Trinajstić information content (AvgIpc) is 2.47. The summed E-state index contributed by atoms with van der Waals surface area (Å²) in [6, 6.07) is 11.5. The number of aromatic nitrogens is 2. The number of halogens is 2. The summed E-state index contributed by atoms with van der Waals surface area (Å²) in [5.74, 6) is 0.955. The molecule has 3 aromatic rings. The second kappa shape index (κ2) is 5.06. The van der Waals surface area contributed by atoms with Crippen molar-refractivity contribution in [2.45, 2.75) is 0 Å². The van der Waals surface area contributed by atoms with Crippen LogP contribution in [0.4, 0.5) is 10.2 Å². The van der Waals surface area contributed by atoms with E-state index in [-0.39, 0.29) is 5.82 Å². The highest BCUT2D eigenvalue weighted by Gasteiger charge is 2.09. The van der Waals surface area contributed by atoms with Gasteiger partial charge < -0.3 is 5.32 Å². The predicted molar refractivity (Wildman–Crippen MR) is 79.5 cm³/mol. The molecule has 1 N–H and O–H groups in total. The van der Waals surface area contributed by atoms with Crippen LogP contribution in [0, 0.1) is 5.82 Å². The minimum absolute atomic E-state index is 0.282. The van der Waals surface area contributed by atoms with Gasteiger partial charge in [0.05, 0.1) is 5.52 Å². The number of benzene rings is 2. The first-order valence-corrected chi connectivity index (χ1v) is 6.46. The molecular formula is C15H11ClFN3. The van der Waals surface area contributed by atoms with Crippen LogP contribution in [-0.4, -0.2) is 17.0 Å². The van der Waals surface area contributed by atoms with Gasteiger partial charge in [-0.05, 0) is 42.5 Å². The molecule has 5 heteroatoms.